The third-order valence-electron chi connectivity index (χ3n) is 3.76. The molecule has 17 heavy (non-hydrogen) atoms. The Labute approximate surface area is 104 Å². The van der Waals surface area contributed by atoms with E-state index in [-0.39, 0.29) is 0 Å². The third kappa shape index (κ3) is 2.78. The molecule has 1 saturated carbocycles. The zero-order valence-electron chi connectivity index (χ0n) is 11.3. The second kappa shape index (κ2) is 5.05. The molecule has 0 aromatic carbocycles. The molecule has 0 bridgehead atoms. The van der Waals surface area contributed by atoms with Crippen LogP contribution in [0.15, 0.2) is 12.3 Å². The first-order valence-electron chi connectivity index (χ1n) is 6.46. The first kappa shape index (κ1) is 12.4. The van der Waals surface area contributed by atoms with Crippen molar-refractivity contribution in [3.8, 4) is 0 Å². The van der Waals surface area contributed by atoms with Crippen LogP contribution in [0, 0.1) is 12.8 Å². The second-order valence-corrected chi connectivity index (χ2v) is 5.17. The lowest BCUT2D eigenvalue weighted by atomic mass is 10.1. The normalized spacial score (nSPS) is 16.9. The number of anilines is 1. The van der Waals surface area contributed by atoms with Crippen molar-refractivity contribution in [1.29, 1.82) is 0 Å². The minimum Gasteiger partial charge on any atom is -0.371 e. The lowest BCUT2D eigenvalue weighted by Gasteiger charge is -2.29. The van der Waals surface area contributed by atoms with Crippen LogP contribution in [0.1, 0.15) is 31.0 Å². The van der Waals surface area contributed by atoms with Gasteiger partial charge in [-0.15, -0.1) is 0 Å². The molecule has 1 fully saturated rings. The van der Waals surface area contributed by atoms with Gasteiger partial charge in [0.1, 0.15) is 0 Å². The maximum atomic E-state index is 4.39. The third-order valence-corrected chi connectivity index (χ3v) is 3.76. The number of nitrogens with one attached hydrogen (secondary N) is 1. The van der Waals surface area contributed by atoms with Gasteiger partial charge in [-0.25, -0.2) is 0 Å². The second-order valence-electron chi connectivity index (χ2n) is 5.17. The summed E-state index contributed by atoms with van der Waals surface area (Å²) in [6.45, 7) is 5.27. The molecule has 1 atom stereocenters. The molecule has 1 aromatic heterocycles. The Hall–Kier alpha value is -1.09. The summed E-state index contributed by atoms with van der Waals surface area (Å²) < 4.78 is 0. The zero-order chi connectivity index (χ0) is 12.4. The van der Waals surface area contributed by atoms with Crippen LogP contribution >= 0.6 is 0 Å². The van der Waals surface area contributed by atoms with Crippen LogP contribution in [0.2, 0.25) is 0 Å². The van der Waals surface area contributed by atoms with Gasteiger partial charge in [-0.05, 0) is 45.7 Å². The van der Waals surface area contributed by atoms with Crippen molar-refractivity contribution < 1.29 is 0 Å². The van der Waals surface area contributed by atoms with E-state index in [2.05, 4.69) is 42.2 Å². The smallest absolute Gasteiger partial charge is 0.0445 e. The summed E-state index contributed by atoms with van der Waals surface area (Å²) in [4.78, 5) is 6.81. The molecular formula is C14H23N3. The van der Waals surface area contributed by atoms with Gasteiger partial charge in [-0.1, -0.05) is 0 Å². The number of nitrogens with zero attached hydrogens (tertiary/aromatic N) is 2. The average Bonchev–Trinajstić information content (AvgIpc) is 3.14. The van der Waals surface area contributed by atoms with E-state index in [9.17, 15) is 0 Å². The molecule has 0 saturated heterocycles. The summed E-state index contributed by atoms with van der Waals surface area (Å²) in [5, 5.41) is 3.22. The highest BCUT2D eigenvalue weighted by Crippen LogP contribution is 2.37. The average molecular weight is 233 g/mol. The monoisotopic (exact) mass is 233 g/mol. The summed E-state index contributed by atoms with van der Waals surface area (Å²) in [6, 6.07) is 2.83. The van der Waals surface area contributed by atoms with Crippen molar-refractivity contribution in [2.75, 3.05) is 19.0 Å². The minimum absolute atomic E-state index is 0.632. The summed E-state index contributed by atoms with van der Waals surface area (Å²) >= 11 is 0. The van der Waals surface area contributed by atoms with Gasteiger partial charge in [-0.3, -0.25) is 4.98 Å². The predicted octanol–water partition coefficient (Wildman–Crippen LogP) is 2.34. The molecular weight excluding hydrogens is 210 g/mol. The molecule has 2 rings (SSSR count). The Kier molecular flexibility index (Phi) is 3.67. The van der Waals surface area contributed by atoms with Gasteiger partial charge in [0.2, 0.25) is 0 Å². The Morgan fingerprint density at radius 3 is 2.82 bits per heavy atom. The SMILES string of the molecule is CNCc1cnc(C)cc1N(C)C(C)C1CC1. The van der Waals surface area contributed by atoms with Crippen LogP contribution in [-0.2, 0) is 6.54 Å². The maximum absolute atomic E-state index is 4.39. The fraction of sp³-hybridized carbons (Fsp3) is 0.643. The van der Waals surface area contributed by atoms with Gasteiger partial charge in [0.15, 0.2) is 0 Å². The van der Waals surface area contributed by atoms with Crippen molar-refractivity contribution in [3.05, 3.63) is 23.5 Å². The standard InChI is InChI=1S/C14H23N3/c1-10-7-14(13(8-15-3)9-16-10)17(4)11(2)12-5-6-12/h7,9,11-12,15H,5-6,8H2,1-4H3. The molecule has 1 unspecified atom stereocenters. The summed E-state index contributed by atoms with van der Waals surface area (Å²) in [5.41, 5.74) is 3.70. The van der Waals surface area contributed by atoms with Crippen molar-refractivity contribution in [3.63, 3.8) is 0 Å². The van der Waals surface area contributed by atoms with E-state index in [1.807, 2.05) is 13.2 Å². The van der Waals surface area contributed by atoms with Gasteiger partial charge < -0.3 is 10.2 Å². The Balaban J connectivity index is 2.24. The highest BCUT2D eigenvalue weighted by atomic mass is 15.1. The number of hydrogen-bond donors (Lipinski definition) is 1. The summed E-state index contributed by atoms with van der Waals surface area (Å²) in [7, 11) is 4.19. The Morgan fingerprint density at radius 2 is 2.24 bits per heavy atom. The quantitative estimate of drug-likeness (QED) is 0.846. The van der Waals surface area contributed by atoms with Crippen LogP contribution < -0.4 is 10.2 Å². The maximum Gasteiger partial charge on any atom is 0.0445 e. The van der Waals surface area contributed by atoms with E-state index in [1.54, 1.807) is 0 Å². The molecule has 0 aliphatic heterocycles. The van der Waals surface area contributed by atoms with Crippen molar-refractivity contribution >= 4 is 5.69 Å². The van der Waals surface area contributed by atoms with E-state index in [4.69, 9.17) is 0 Å². The van der Waals surface area contributed by atoms with Crippen LogP contribution in [0.25, 0.3) is 0 Å². The molecule has 0 spiro atoms. The van der Waals surface area contributed by atoms with E-state index in [0.29, 0.717) is 6.04 Å². The number of aromatic nitrogens is 1. The van der Waals surface area contributed by atoms with E-state index < -0.39 is 0 Å². The molecule has 1 aliphatic rings. The number of aryl methyl sites for hydroxylation is 1. The molecule has 3 heteroatoms. The number of rotatable bonds is 5. The highest BCUT2D eigenvalue weighted by Gasteiger charge is 2.31. The molecule has 1 aromatic rings. The number of hydrogen-bond acceptors (Lipinski definition) is 3. The van der Waals surface area contributed by atoms with Crippen LogP contribution in [0.5, 0.6) is 0 Å². The topological polar surface area (TPSA) is 28.2 Å². The lowest BCUT2D eigenvalue weighted by Crippen LogP contribution is -2.32. The van der Waals surface area contributed by atoms with Crippen molar-refractivity contribution in [1.82, 2.24) is 10.3 Å². The van der Waals surface area contributed by atoms with Gasteiger partial charge in [-0.2, -0.15) is 0 Å². The minimum atomic E-state index is 0.632. The van der Waals surface area contributed by atoms with Gasteiger partial charge >= 0.3 is 0 Å². The van der Waals surface area contributed by atoms with Gasteiger partial charge in [0.25, 0.3) is 0 Å². The molecule has 94 valence electrons. The zero-order valence-corrected chi connectivity index (χ0v) is 11.3. The summed E-state index contributed by atoms with van der Waals surface area (Å²) in [5.74, 6) is 0.885. The van der Waals surface area contributed by atoms with E-state index in [0.717, 1.165) is 18.2 Å². The van der Waals surface area contributed by atoms with Crippen molar-refractivity contribution in [2.24, 2.45) is 5.92 Å². The fourth-order valence-electron chi connectivity index (χ4n) is 2.34. The van der Waals surface area contributed by atoms with Gasteiger partial charge in [0, 0.05) is 42.8 Å². The van der Waals surface area contributed by atoms with E-state index in [1.165, 1.54) is 24.1 Å². The molecule has 3 nitrogen and oxygen atoms in total. The molecule has 0 amide bonds. The largest absolute Gasteiger partial charge is 0.371 e. The fourth-order valence-corrected chi connectivity index (χ4v) is 2.34. The summed E-state index contributed by atoms with van der Waals surface area (Å²) in [6.07, 6.45) is 4.77. The van der Waals surface area contributed by atoms with Crippen LogP contribution in [-0.4, -0.2) is 25.1 Å². The van der Waals surface area contributed by atoms with Crippen molar-refractivity contribution in [2.45, 2.75) is 39.3 Å². The molecule has 1 heterocycles. The van der Waals surface area contributed by atoms with Crippen LogP contribution in [0.3, 0.4) is 0 Å². The van der Waals surface area contributed by atoms with Crippen LogP contribution in [0.4, 0.5) is 5.69 Å². The Morgan fingerprint density at radius 1 is 1.53 bits per heavy atom. The molecule has 0 radical (unpaired) electrons. The van der Waals surface area contributed by atoms with Gasteiger partial charge in [0.05, 0.1) is 0 Å². The first-order chi connectivity index (χ1) is 8.13. The molecule has 1 aliphatic carbocycles. The van der Waals surface area contributed by atoms with E-state index >= 15 is 0 Å². The first-order valence-corrected chi connectivity index (χ1v) is 6.46. The Bertz CT molecular complexity index is 385. The lowest BCUT2D eigenvalue weighted by molar-refractivity contribution is 0.605. The highest BCUT2D eigenvalue weighted by molar-refractivity contribution is 5.54. The number of pyridine rings is 1. The molecule has 1 N–H and O–H groups in total. The predicted molar refractivity (Wildman–Crippen MR) is 72.3 cm³/mol.